The summed E-state index contributed by atoms with van der Waals surface area (Å²) in [4.78, 5) is 2.35. The van der Waals surface area contributed by atoms with Gasteiger partial charge in [-0.05, 0) is 27.8 Å². The molecule has 0 radical (unpaired) electrons. The van der Waals surface area contributed by atoms with Gasteiger partial charge in [0, 0.05) is 12.6 Å². The molecule has 0 spiro atoms. The van der Waals surface area contributed by atoms with Crippen molar-refractivity contribution in [1.29, 1.82) is 0 Å². The number of likely N-dealkylation sites (N-methyl/N-ethyl adjacent to an activating group) is 1. The van der Waals surface area contributed by atoms with Crippen LogP contribution in [0.15, 0.2) is 0 Å². The third kappa shape index (κ3) is 1.50. The average Bonchev–Trinajstić information content (AvgIpc) is 1.82. The Hall–Kier alpha value is -0.0800. The summed E-state index contributed by atoms with van der Waals surface area (Å²) in [5, 5.41) is 0. The van der Waals surface area contributed by atoms with Crippen molar-refractivity contribution in [2.75, 3.05) is 13.6 Å². The molecule has 60 valence electrons. The van der Waals surface area contributed by atoms with Crippen LogP contribution in [0.1, 0.15) is 20.8 Å². The van der Waals surface area contributed by atoms with E-state index < -0.39 is 0 Å². The van der Waals surface area contributed by atoms with Gasteiger partial charge >= 0.3 is 0 Å². The van der Waals surface area contributed by atoms with E-state index in [1.807, 2.05) is 0 Å². The molecule has 2 nitrogen and oxygen atoms in total. The van der Waals surface area contributed by atoms with Crippen molar-refractivity contribution in [3.8, 4) is 0 Å². The predicted octanol–water partition coefficient (Wildman–Crippen LogP) is 1.11. The highest BCUT2D eigenvalue weighted by Crippen LogP contribution is 2.14. The molecule has 3 atom stereocenters. The molecule has 0 saturated carbocycles. The molecule has 1 heterocycles. The van der Waals surface area contributed by atoms with E-state index in [0.29, 0.717) is 18.2 Å². The maximum absolute atomic E-state index is 5.63. The lowest BCUT2D eigenvalue weighted by atomic mass is 10.1. The first kappa shape index (κ1) is 8.02. The molecule has 1 saturated heterocycles. The molecular formula is C8H17NO. The molecule has 0 aromatic heterocycles. The second-order valence-electron chi connectivity index (χ2n) is 3.33. The number of rotatable bonds is 0. The van der Waals surface area contributed by atoms with E-state index in [1.54, 1.807) is 0 Å². The molecule has 1 rings (SSSR count). The number of nitrogens with zero attached hydrogens (tertiary/aromatic N) is 1. The lowest BCUT2D eigenvalue weighted by molar-refractivity contribution is -0.0905. The van der Waals surface area contributed by atoms with Crippen LogP contribution in [0.3, 0.4) is 0 Å². The van der Waals surface area contributed by atoms with E-state index in [-0.39, 0.29) is 0 Å². The van der Waals surface area contributed by atoms with Crippen LogP contribution in [0.25, 0.3) is 0 Å². The molecule has 1 fully saturated rings. The molecule has 0 aromatic rings. The van der Waals surface area contributed by atoms with Gasteiger partial charge in [0.25, 0.3) is 0 Å². The maximum atomic E-state index is 5.63. The number of morpholine rings is 1. The Bertz CT molecular complexity index is 104. The molecule has 1 aliphatic rings. The van der Waals surface area contributed by atoms with Crippen LogP contribution in [-0.4, -0.2) is 36.7 Å². The molecule has 0 aliphatic carbocycles. The molecule has 0 bridgehead atoms. The summed E-state index contributed by atoms with van der Waals surface area (Å²) in [5.74, 6) is 0. The summed E-state index contributed by atoms with van der Waals surface area (Å²) in [7, 11) is 2.15. The van der Waals surface area contributed by atoms with Gasteiger partial charge in [0.2, 0.25) is 0 Å². The topological polar surface area (TPSA) is 12.5 Å². The zero-order valence-electron chi connectivity index (χ0n) is 7.29. The highest BCUT2D eigenvalue weighted by Gasteiger charge is 2.26. The summed E-state index contributed by atoms with van der Waals surface area (Å²) >= 11 is 0. The Morgan fingerprint density at radius 3 is 2.40 bits per heavy atom. The Morgan fingerprint density at radius 2 is 1.90 bits per heavy atom. The van der Waals surface area contributed by atoms with Gasteiger partial charge in [0.15, 0.2) is 0 Å². The van der Waals surface area contributed by atoms with Crippen LogP contribution in [0.2, 0.25) is 0 Å². The first-order valence-corrected chi connectivity index (χ1v) is 3.97. The van der Waals surface area contributed by atoms with Crippen LogP contribution in [0.4, 0.5) is 0 Å². The number of hydrogen-bond donors (Lipinski definition) is 0. The van der Waals surface area contributed by atoms with Crippen LogP contribution in [0, 0.1) is 0 Å². The predicted molar refractivity (Wildman–Crippen MR) is 42.1 cm³/mol. The van der Waals surface area contributed by atoms with Crippen LogP contribution >= 0.6 is 0 Å². The number of hydrogen-bond acceptors (Lipinski definition) is 2. The van der Waals surface area contributed by atoms with Crippen LogP contribution < -0.4 is 0 Å². The maximum Gasteiger partial charge on any atom is 0.0703 e. The minimum atomic E-state index is 0.383. The van der Waals surface area contributed by atoms with E-state index in [9.17, 15) is 0 Å². The van der Waals surface area contributed by atoms with Crippen molar-refractivity contribution in [2.24, 2.45) is 0 Å². The molecule has 0 N–H and O–H groups in total. The quantitative estimate of drug-likeness (QED) is 0.503. The van der Waals surface area contributed by atoms with Crippen molar-refractivity contribution in [1.82, 2.24) is 4.90 Å². The van der Waals surface area contributed by atoms with Gasteiger partial charge in [0.1, 0.15) is 0 Å². The highest BCUT2D eigenvalue weighted by atomic mass is 16.5. The van der Waals surface area contributed by atoms with Gasteiger partial charge in [-0.1, -0.05) is 0 Å². The van der Waals surface area contributed by atoms with Gasteiger partial charge in [0.05, 0.1) is 12.2 Å². The van der Waals surface area contributed by atoms with Gasteiger partial charge in [-0.3, -0.25) is 4.90 Å². The summed E-state index contributed by atoms with van der Waals surface area (Å²) in [6.45, 7) is 7.53. The first-order valence-electron chi connectivity index (χ1n) is 3.97. The molecular weight excluding hydrogens is 126 g/mol. The monoisotopic (exact) mass is 143 g/mol. The van der Waals surface area contributed by atoms with Crippen molar-refractivity contribution >= 4 is 0 Å². The van der Waals surface area contributed by atoms with Gasteiger partial charge in [-0.15, -0.1) is 0 Å². The van der Waals surface area contributed by atoms with Gasteiger partial charge in [-0.25, -0.2) is 0 Å². The highest BCUT2D eigenvalue weighted by molar-refractivity contribution is 4.78. The second kappa shape index (κ2) is 2.89. The van der Waals surface area contributed by atoms with Gasteiger partial charge in [-0.2, -0.15) is 0 Å². The fourth-order valence-corrected chi connectivity index (χ4v) is 1.45. The molecule has 1 aliphatic heterocycles. The Labute approximate surface area is 63.2 Å². The number of ether oxygens (including phenoxy) is 1. The normalized spacial score (nSPS) is 43.8. The van der Waals surface area contributed by atoms with Crippen LogP contribution in [-0.2, 0) is 4.74 Å². The zero-order chi connectivity index (χ0) is 7.72. The molecule has 10 heavy (non-hydrogen) atoms. The van der Waals surface area contributed by atoms with Crippen molar-refractivity contribution in [3.63, 3.8) is 0 Å². The second-order valence-corrected chi connectivity index (χ2v) is 3.33. The first-order chi connectivity index (χ1) is 4.61. The Balaban J connectivity index is 2.49. The lowest BCUT2D eigenvalue weighted by Gasteiger charge is -2.38. The van der Waals surface area contributed by atoms with Crippen molar-refractivity contribution in [2.45, 2.75) is 39.0 Å². The molecule has 2 heteroatoms. The molecule has 0 amide bonds. The SMILES string of the molecule is CC1CN(C)C(C)C(C)O1. The average molecular weight is 143 g/mol. The molecule has 0 aromatic carbocycles. The fourth-order valence-electron chi connectivity index (χ4n) is 1.45. The third-order valence-corrected chi connectivity index (χ3v) is 2.37. The third-order valence-electron chi connectivity index (χ3n) is 2.37. The summed E-state index contributed by atoms with van der Waals surface area (Å²) in [5.41, 5.74) is 0. The van der Waals surface area contributed by atoms with Crippen molar-refractivity contribution < 1.29 is 4.74 Å². The summed E-state index contributed by atoms with van der Waals surface area (Å²) in [6, 6.07) is 0.566. The summed E-state index contributed by atoms with van der Waals surface area (Å²) < 4.78 is 5.63. The van der Waals surface area contributed by atoms with Crippen LogP contribution in [0.5, 0.6) is 0 Å². The van der Waals surface area contributed by atoms with Gasteiger partial charge < -0.3 is 4.74 Å². The van der Waals surface area contributed by atoms with E-state index in [4.69, 9.17) is 4.74 Å². The van der Waals surface area contributed by atoms with E-state index >= 15 is 0 Å². The zero-order valence-corrected chi connectivity index (χ0v) is 7.29. The Kier molecular flexibility index (Phi) is 2.32. The smallest absolute Gasteiger partial charge is 0.0703 e. The summed E-state index contributed by atoms with van der Waals surface area (Å²) in [6.07, 6.45) is 0.782. The largest absolute Gasteiger partial charge is 0.373 e. The minimum absolute atomic E-state index is 0.383. The lowest BCUT2D eigenvalue weighted by Crippen LogP contribution is -2.49. The minimum Gasteiger partial charge on any atom is -0.373 e. The van der Waals surface area contributed by atoms with E-state index in [0.717, 1.165) is 6.54 Å². The fraction of sp³-hybridized carbons (Fsp3) is 1.00. The standard InChI is InChI=1S/C8H17NO/c1-6-5-9(4)7(2)8(3)10-6/h6-8H,5H2,1-4H3. The molecule has 3 unspecified atom stereocenters. The van der Waals surface area contributed by atoms with E-state index in [1.165, 1.54) is 0 Å². The Morgan fingerprint density at radius 1 is 1.30 bits per heavy atom. The van der Waals surface area contributed by atoms with Crippen molar-refractivity contribution in [3.05, 3.63) is 0 Å². The van der Waals surface area contributed by atoms with E-state index in [2.05, 4.69) is 32.7 Å².